The van der Waals surface area contributed by atoms with Crippen molar-refractivity contribution in [1.29, 1.82) is 0 Å². The molecule has 0 unspecified atom stereocenters. The van der Waals surface area contributed by atoms with E-state index in [1.165, 1.54) is 0 Å². The van der Waals surface area contributed by atoms with E-state index in [2.05, 4.69) is 5.32 Å². The van der Waals surface area contributed by atoms with Crippen molar-refractivity contribution in [2.75, 3.05) is 14.2 Å². The highest BCUT2D eigenvalue weighted by Gasteiger charge is 2.12. The van der Waals surface area contributed by atoms with Crippen molar-refractivity contribution in [3.05, 3.63) is 89.0 Å². The maximum atomic E-state index is 12.7. The summed E-state index contributed by atoms with van der Waals surface area (Å²) in [5.41, 5.74) is 3.39. The smallest absolute Gasteiger partial charge is 0.251 e. The molecule has 5 heteroatoms. The molecule has 0 radical (unpaired) electrons. The molecule has 3 aromatic rings. The molecule has 0 aromatic heterocycles. The van der Waals surface area contributed by atoms with Crippen molar-refractivity contribution < 1.29 is 19.0 Å². The summed E-state index contributed by atoms with van der Waals surface area (Å²) in [5.74, 6) is 2.03. The summed E-state index contributed by atoms with van der Waals surface area (Å²) in [6.07, 6.45) is 0. The van der Waals surface area contributed by atoms with Crippen LogP contribution in [0.5, 0.6) is 17.2 Å². The molecule has 150 valence electrons. The lowest BCUT2D eigenvalue weighted by Gasteiger charge is -2.13. The predicted octanol–water partition coefficient (Wildman–Crippen LogP) is 4.52. The Morgan fingerprint density at radius 3 is 2.38 bits per heavy atom. The number of hydrogen-bond acceptors (Lipinski definition) is 4. The largest absolute Gasteiger partial charge is 0.496 e. The Balaban J connectivity index is 1.70. The normalized spacial score (nSPS) is 10.3. The molecule has 0 atom stereocenters. The van der Waals surface area contributed by atoms with Gasteiger partial charge in [0.2, 0.25) is 0 Å². The number of benzene rings is 3. The fourth-order valence-electron chi connectivity index (χ4n) is 3.03. The van der Waals surface area contributed by atoms with Crippen LogP contribution in [-0.2, 0) is 13.2 Å². The maximum Gasteiger partial charge on any atom is 0.251 e. The van der Waals surface area contributed by atoms with E-state index in [9.17, 15) is 4.79 Å². The fraction of sp³-hybridized carbons (Fsp3) is 0.208. The molecule has 0 aliphatic heterocycles. The zero-order valence-corrected chi connectivity index (χ0v) is 16.9. The van der Waals surface area contributed by atoms with Gasteiger partial charge in [0.25, 0.3) is 5.91 Å². The van der Waals surface area contributed by atoms with Gasteiger partial charge in [0, 0.05) is 23.2 Å². The molecule has 0 saturated heterocycles. The number of para-hydroxylation sites is 1. The number of carbonyl (C=O) groups is 1. The van der Waals surface area contributed by atoms with E-state index >= 15 is 0 Å². The third-order valence-electron chi connectivity index (χ3n) is 4.56. The minimum absolute atomic E-state index is 0.171. The second-order valence-corrected chi connectivity index (χ2v) is 6.63. The molecule has 29 heavy (non-hydrogen) atoms. The second-order valence-electron chi connectivity index (χ2n) is 6.63. The topological polar surface area (TPSA) is 56.8 Å². The number of carbonyl (C=O) groups excluding carboxylic acids is 1. The van der Waals surface area contributed by atoms with Gasteiger partial charge in [-0.3, -0.25) is 4.79 Å². The quantitative estimate of drug-likeness (QED) is 0.613. The molecule has 0 aliphatic rings. The van der Waals surface area contributed by atoms with E-state index in [1.807, 2.05) is 55.5 Å². The molecule has 0 spiro atoms. The standard InChI is InChI=1S/C24H25NO4/c1-17-7-6-9-21(13-17)29-16-20-14-18(11-12-23(20)28-3)24(26)25-15-19-8-4-5-10-22(19)27-2/h4-14H,15-16H2,1-3H3,(H,25,26). The van der Waals surface area contributed by atoms with Crippen LogP contribution >= 0.6 is 0 Å². The van der Waals surface area contributed by atoms with E-state index in [0.29, 0.717) is 24.5 Å². The van der Waals surface area contributed by atoms with Gasteiger partial charge in [-0.2, -0.15) is 0 Å². The van der Waals surface area contributed by atoms with E-state index in [4.69, 9.17) is 14.2 Å². The summed E-state index contributed by atoms with van der Waals surface area (Å²) in [4.78, 5) is 12.7. The van der Waals surface area contributed by atoms with Crippen LogP contribution < -0.4 is 19.5 Å². The number of ether oxygens (including phenoxy) is 3. The Kier molecular flexibility index (Phi) is 6.74. The number of methoxy groups -OCH3 is 2. The van der Waals surface area contributed by atoms with Crippen LogP contribution in [0.4, 0.5) is 0 Å². The summed E-state index contributed by atoms with van der Waals surface area (Å²) in [6, 6.07) is 20.8. The SMILES string of the molecule is COc1ccccc1CNC(=O)c1ccc(OC)c(COc2cccc(C)c2)c1. The van der Waals surface area contributed by atoms with Crippen molar-refractivity contribution in [1.82, 2.24) is 5.32 Å². The third-order valence-corrected chi connectivity index (χ3v) is 4.56. The molecular weight excluding hydrogens is 366 g/mol. The van der Waals surface area contributed by atoms with Crippen molar-refractivity contribution in [3.8, 4) is 17.2 Å². The lowest BCUT2D eigenvalue weighted by molar-refractivity contribution is 0.0950. The maximum absolute atomic E-state index is 12.7. The minimum atomic E-state index is -0.171. The van der Waals surface area contributed by atoms with Crippen LogP contribution in [0, 0.1) is 6.92 Å². The average Bonchev–Trinajstić information content (AvgIpc) is 2.76. The Morgan fingerprint density at radius 2 is 1.62 bits per heavy atom. The van der Waals surface area contributed by atoms with Crippen LogP contribution in [0.25, 0.3) is 0 Å². The molecule has 0 fully saturated rings. The zero-order chi connectivity index (χ0) is 20.6. The number of rotatable bonds is 8. The molecule has 1 amide bonds. The van der Waals surface area contributed by atoms with Crippen molar-refractivity contribution in [2.24, 2.45) is 0 Å². The third kappa shape index (κ3) is 5.29. The highest BCUT2D eigenvalue weighted by atomic mass is 16.5. The van der Waals surface area contributed by atoms with Gasteiger partial charge in [-0.15, -0.1) is 0 Å². The molecular formula is C24H25NO4. The molecule has 1 N–H and O–H groups in total. The van der Waals surface area contributed by atoms with Crippen LogP contribution in [0.15, 0.2) is 66.7 Å². The van der Waals surface area contributed by atoms with Crippen LogP contribution in [0.3, 0.4) is 0 Å². The Bertz CT molecular complexity index is 984. The summed E-state index contributed by atoms with van der Waals surface area (Å²) >= 11 is 0. The molecule has 5 nitrogen and oxygen atoms in total. The number of nitrogens with one attached hydrogen (secondary N) is 1. The molecule has 0 heterocycles. The summed E-state index contributed by atoms with van der Waals surface area (Å²) in [5, 5.41) is 2.94. The number of hydrogen-bond donors (Lipinski definition) is 1. The summed E-state index contributed by atoms with van der Waals surface area (Å²) in [6.45, 7) is 2.70. The number of amides is 1. The Morgan fingerprint density at radius 1 is 0.862 bits per heavy atom. The molecule has 3 rings (SSSR count). The number of aryl methyl sites for hydroxylation is 1. The van der Waals surface area contributed by atoms with E-state index in [0.717, 1.165) is 28.2 Å². The van der Waals surface area contributed by atoms with E-state index < -0.39 is 0 Å². The highest BCUT2D eigenvalue weighted by Crippen LogP contribution is 2.23. The first-order valence-electron chi connectivity index (χ1n) is 9.37. The van der Waals surface area contributed by atoms with Gasteiger partial charge in [-0.25, -0.2) is 0 Å². The highest BCUT2D eigenvalue weighted by molar-refractivity contribution is 5.94. The Labute approximate surface area is 171 Å². The molecule has 3 aromatic carbocycles. The first kappa shape index (κ1) is 20.3. The fourth-order valence-corrected chi connectivity index (χ4v) is 3.03. The van der Waals surface area contributed by atoms with Crippen molar-refractivity contribution in [2.45, 2.75) is 20.1 Å². The first-order valence-corrected chi connectivity index (χ1v) is 9.37. The van der Waals surface area contributed by atoms with Gasteiger partial charge < -0.3 is 19.5 Å². The monoisotopic (exact) mass is 391 g/mol. The minimum Gasteiger partial charge on any atom is -0.496 e. The van der Waals surface area contributed by atoms with E-state index in [1.54, 1.807) is 32.4 Å². The molecule has 0 saturated carbocycles. The van der Waals surface area contributed by atoms with Gasteiger partial charge in [-0.05, 0) is 48.9 Å². The van der Waals surface area contributed by atoms with Crippen LogP contribution in [0.2, 0.25) is 0 Å². The predicted molar refractivity (Wildman–Crippen MR) is 113 cm³/mol. The van der Waals surface area contributed by atoms with Gasteiger partial charge in [0.1, 0.15) is 23.9 Å². The molecule has 0 bridgehead atoms. The average molecular weight is 391 g/mol. The van der Waals surface area contributed by atoms with Crippen LogP contribution in [-0.4, -0.2) is 20.1 Å². The van der Waals surface area contributed by atoms with Crippen molar-refractivity contribution in [3.63, 3.8) is 0 Å². The van der Waals surface area contributed by atoms with Gasteiger partial charge in [0.15, 0.2) is 0 Å². The lowest BCUT2D eigenvalue weighted by atomic mass is 10.1. The van der Waals surface area contributed by atoms with Gasteiger partial charge in [-0.1, -0.05) is 30.3 Å². The summed E-state index contributed by atoms with van der Waals surface area (Å²) < 4.78 is 16.6. The first-order chi connectivity index (χ1) is 14.1. The summed E-state index contributed by atoms with van der Waals surface area (Å²) in [7, 11) is 3.22. The molecule has 0 aliphatic carbocycles. The Hall–Kier alpha value is -3.47. The van der Waals surface area contributed by atoms with Crippen molar-refractivity contribution >= 4 is 5.91 Å². The second kappa shape index (κ2) is 9.64. The lowest BCUT2D eigenvalue weighted by Crippen LogP contribution is -2.23. The van der Waals surface area contributed by atoms with Gasteiger partial charge >= 0.3 is 0 Å². The zero-order valence-electron chi connectivity index (χ0n) is 16.9. The van der Waals surface area contributed by atoms with Crippen LogP contribution in [0.1, 0.15) is 27.0 Å². The van der Waals surface area contributed by atoms with Gasteiger partial charge in [0.05, 0.1) is 14.2 Å². The van der Waals surface area contributed by atoms with E-state index in [-0.39, 0.29) is 5.91 Å².